The van der Waals surface area contributed by atoms with Crippen molar-refractivity contribution in [2.24, 2.45) is 0 Å². The van der Waals surface area contributed by atoms with Gasteiger partial charge in [-0.05, 0) is 37.8 Å². The lowest BCUT2D eigenvalue weighted by Gasteiger charge is -2.24. The lowest BCUT2D eigenvalue weighted by Crippen LogP contribution is -2.47. The normalized spacial score (nSPS) is 16.0. The molecule has 2 aromatic rings. The van der Waals surface area contributed by atoms with Crippen molar-refractivity contribution in [1.82, 2.24) is 19.8 Å². The molecular formula is C31H40N4O3. The molecule has 202 valence electrons. The molecule has 38 heavy (non-hydrogen) atoms. The van der Waals surface area contributed by atoms with Crippen LogP contribution in [0.2, 0.25) is 0 Å². The molecule has 0 saturated carbocycles. The lowest BCUT2D eigenvalue weighted by molar-refractivity contribution is -0.128. The molecule has 1 N–H and O–H groups in total. The Kier molecular flexibility index (Phi) is 11.4. The van der Waals surface area contributed by atoms with Crippen LogP contribution < -0.4 is 10.9 Å². The van der Waals surface area contributed by atoms with Gasteiger partial charge in [0.1, 0.15) is 12.4 Å². The quantitative estimate of drug-likeness (QED) is 0.550. The molecule has 0 unspecified atom stereocenters. The average Bonchev–Trinajstić information content (AvgIpc) is 3.24. The van der Waals surface area contributed by atoms with E-state index >= 15 is 0 Å². The fourth-order valence-electron chi connectivity index (χ4n) is 4.64. The molecular weight excluding hydrogens is 476 g/mol. The largest absolute Gasteiger partial charge is 0.345 e. The third kappa shape index (κ3) is 8.21. The van der Waals surface area contributed by atoms with Gasteiger partial charge in [0.2, 0.25) is 5.91 Å². The number of allylic oxidation sites excluding steroid dienone is 4. The van der Waals surface area contributed by atoms with Crippen LogP contribution in [0.1, 0.15) is 52.9 Å². The summed E-state index contributed by atoms with van der Waals surface area (Å²) in [4.78, 5) is 45.1. The highest BCUT2D eigenvalue weighted by atomic mass is 16.2. The number of amides is 1. The van der Waals surface area contributed by atoms with Crippen LogP contribution >= 0.6 is 0 Å². The van der Waals surface area contributed by atoms with Gasteiger partial charge in [-0.1, -0.05) is 87.4 Å². The molecule has 7 nitrogen and oxygen atoms in total. The van der Waals surface area contributed by atoms with E-state index in [0.717, 1.165) is 37.9 Å². The first-order chi connectivity index (χ1) is 18.5. The number of hydrogen-bond donors (Lipinski definition) is 1. The fraction of sp³-hybridized carbons (Fsp3) is 0.419. The van der Waals surface area contributed by atoms with Crippen LogP contribution in [0.5, 0.6) is 0 Å². The summed E-state index contributed by atoms with van der Waals surface area (Å²) in [6.07, 6.45) is 14.7. The zero-order chi connectivity index (χ0) is 27.3. The molecule has 1 aromatic heterocycles. The molecule has 1 aliphatic carbocycles. The Hall–Kier alpha value is -3.58. The molecule has 7 heteroatoms. The summed E-state index contributed by atoms with van der Waals surface area (Å²) in [7, 11) is 0. The maximum Gasteiger partial charge on any atom is 0.254 e. The summed E-state index contributed by atoms with van der Waals surface area (Å²) in [5.74, 6) is 0.0331. The summed E-state index contributed by atoms with van der Waals surface area (Å²) < 4.78 is 1.34. The van der Waals surface area contributed by atoms with Gasteiger partial charge in [0.15, 0.2) is 5.78 Å². The van der Waals surface area contributed by atoms with E-state index < -0.39 is 6.04 Å². The minimum atomic E-state index is -0.599. The van der Waals surface area contributed by atoms with Gasteiger partial charge in [-0.2, -0.15) is 0 Å². The first-order valence-corrected chi connectivity index (χ1v) is 13.7. The predicted molar refractivity (Wildman–Crippen MR) is 153 cm³/mol. The Bertz CT molecular complexity index is 1230. The first kappa shape index (κ1) is 29.0. The number of nitrogens with zero attached hydrogens (tertiary/aromatic N) is 3. The van der Waals surface area contributed by atoms with E-state index in [0.29, 0.717) is 18.8 Å². The highest BCUT2D eigenvalue weighted by Crippen LogP contribution is 2.24. The number of Topliss-reactive ketones (excluding diaryl/α,β-unsaturated/α-hetero) is 1. The zero-order valence-corrected chi connectivity index (χ0v) is 22.9. The van der Waals surface area contributed by atoms with Gasteiger partial charge in [-0.25, -0.2) is 4.98 Å². The number of aromatic nitrogens is 2. The fourth-order valence-corrected chi connectivity index (χ4v) is 4.64. The summed E-state index contributed by atoms with van der Waals surface area (Å²) in [6, 6.07) is 10.0. The smallest absolute Gasteiger partial charge is 0.254 e. The summed E-state index contributed by atoms with van der Waals surface area (Å²) in [5.41, 5.74) is 3.18. The van der Waals surface area contributed by atoms with E-state index in [1.807, 2.05) is 37.3 Å². The SMILES string of the molecule is CCC.CC[C@H](NC(=O)Cn1c(-c2ccccc2)nccc1=O)C(=O)CN1CCCC2=C(C=CC=CC2)C1. The summed E-state index contributed by atoms with van der Waals surface area (Å²) in [6.45, 7) is 7.83. The lowest BCUT2D eigenvalue weighted by atomic mass is 10.0. The van der Waals surface area contributed by atoms with Gasteiger partial charge in [0, 0.05) is 24.4 Å². The third-order valence-corrected chi connectivity index (χ3v) is 6.49. The van der Waals surface area contributed by atoms with Crippen molar-refractivity contribution in [1.29, 1.82) is 0 Å². The molecule has 0 spiro atoms. The highest BCUT2D eigenvalue weighted by Gasteiger charge is 2.24. The van der Waals surface area contributed by atoms with Crippen LogP contribution in [0.15, 0.2) is 82.8 Å². The van der Waals surface area contributed by atoms with E-state index in [9.17, 15) is 14.4 Å². The van der Waals surface area contributed by atoms with Crippen molar-refractivity contribution in [3.63, 3.8) is 0 Å². The second-order valence-electron chi connectivity index (χ2n) is 9.70. The molecule has 0 radical (unpaired) electrons. The molecule has 1 atom stereocenters. The number of ketones is 1. The Balaban J connectivity index is 0.00000127. The predicted octanol–water partition coefficient (Wildman–Crippen LogP) is 4.70. The van der Waals surface area contributed by atoms with Gasteiger partial charge in [-0.3, -0.25) is 23.9 Å². The number of benzene rings is 1. The van der Waals surface area contributed by atoms with Crippen molar-refractivity contribution >= 4 is 11.7 Å². The van der Waals surface area contributed by atoms with Crippen LogP contribution in [0.4, 0.5) is 0 Å². The second kappa shape index (κ2) is 15.0. The van der Waals surface area contributed by atoms with E-state index in [2.05, 4.69) is 53.4 Å². The molecule has 2 aliphatic rings. The summed E-state index contributed by atoms with van der Waals surface area (Å²) >= 11 is 0. The minimum absolute atomic E-state index is 0.0116. The van der Waals surface area contributed by atoms with E-state index in [4.69, 9.17) is 0 Å². The number of nitrogens with one attached hydrogen (secondary N) is 1. The average molecular weight is 517 g/mol. The van der Waals surface area contributed by atoms with Crippen molar-refractivity contribution < 1.29 is 9.59 Å². The molecule has 0 saturated heterocycles. The van der Waals surface area contributed by atoms with Gasteiger partial charge in [0.25, 0.3) is 5.56 Å². The zero-order valence-electron chi connectivity index (χ0n) is 22.9. The molecule has 4 rings (SSSR count). The van der Waals surface area contributed by atoms with Gasteiger partial charge >= 0.3 is 0 Å². The molecule has 0 fully saturated rings. The van der Waals surface area contributed by atoms with Crippen LogP contribution in [0, 0.1) is 0 Å². The molecule has 0 bridgehead atoms. The van der Waals surface area contributed by atoms with Crippen LogP contribution in [-0.4, -0.2) is 51.8 Å². The molecule has 1 aromatic carbocycles. The van der Waals surface area contributed by atoms with Crippen molar-refractivity contribution in [2.45, 2.75) is 65.5 Å². The van der Waals surface area contributed by atoms with E-state index in [1.165, 1.54) is 34.4 Å². The highest BCUT2D eigenvalue weighted by molar-refractivity contribution is 5.90. The maximum absolute atomic E-state index is 13.1. The summed E-state index contributed by atoms with van der Waals surface area (Å²) in [5, 5.41) is 2.85. The third-order valence-electron chi connectivity index (χ3n) is 6.49. The molecule has 1 aliphatic heterocycles. The van der Waals surface area contributed by atoms with Crippen molar-refractivity contribution in [2.75, 3.05) is 19.6 Å². The van der Waals surface area contributed by atoms with E-state index in [-0.39, 0.29) is 23.8 Å². The van der Waals surface area contributed by atoms with Crippen molar-refractivity contribution in [3.05, 3.63) is 88.4 Å². The van der Waals surface area contributed by atoms with Crippen LogP contribution in [0.25, 0.3) is 11.4 Å². The Morgan fingerprint density at radius 2 is 1.82 bits per heavy atom. The minimum Gasteiger partial charge on any atom is -0.345 e. The Morgan fingerprint density at radius 1 is 1.05 bits per heavy atom. The number of hydrogen-bond acceptors (Lipinski definition) is 5. The topological polar surface area (TPSA) is 84.3 Å². The second-order valence-corrected chi connectivity index (χ2v) is 9.70. The number of carbonyl (C=O) groups excluding carboxylic acids is 2. The van der Waals surface area contributed by atoms with Gasteiger partial charge < -0.3 is 5.32 Å². The number of rotatable bonds is 8. The van der Waals surface area contributed by atoms with E-state index in [1.54, 1.807) is 0 Å². The van der Waals surface area contributed by atoms with Crippen LogP contribution in [0.3, 0.4) is 0 Å². The first-order valence-electron chi connectivity index (χ1n) is 13.7. The Labute approximate surface area is 226 Å². The van der Waals surface area contributed by atoms with Gasteiger partial charge in [-0.15, -0.1) is 0 Å². The molecule has 2 heterocycles. The molecule has 1 amide bonds. The standard InChI is InChI=1S/C28H32N4O3.C3H8/c1-2-24(25(33)19-31-17-9-14-21-10-5-3-8-13-23(21)18-31)30-26(34)20-32-27(35)15-16-29-28(32)22-11-6-4-7-12-22;1-3-2/h3-8,11-13,15-16,24H,2,9-10,14,17-20H2,1H3,(H,30,34);3H2,1-2H3/t24-;/m0./s1. The van der Waals surface area contributed by atoms with Gasteiger partial charge in [0.05, 0.1) is 12.6 Å². The Morgan fingerprint density at radius 3 is 2.55 bits per heavy atom. The number of carbonyl (C=O) groups is 2. The maximum atomic E-state index is 13.1. The van der Waals surface area contributed by atoms with Crippen LogP contribution in [-0.2, 0) is 16.1 Å². The van der Waals surface area contributed by atoms with Crippen molar-refractivity contribution in [3.8, 4) is 11.4 Å². The monoisotopic (exact) mass is 516 g/mol.